The first-order valence-corrected chi connectivity index (χ1v) is 15.4. The predicted octanol–water partition coefficient (Wildman–Crippen LogP) is 0.571. The van der Waals surface area contributed by atoms with Crippen LogP contribution in [0, 0.1) is 5.92 Å². The minimum atomic E-state index is -1.59. The molecule has 0 aromatic heterocycles. The average Bonchev–Trinajstić information content (AvgIpc) is 3.03. The van der Waals surface area contributed by atoms with Crippen LogP contribution in [-0.4, -0.2) is 92.7 Å². The number of hydrogen-bond acceptors (Lipinski definition) is 9. The molecule has 0 saturated carbocycles. The number of nitrogens with one attached hydrogen (secondary N) is 2. The summed E-state index contributed by atoms with van der Waals surface area (Å²) in [5.74, 6) is -3.54. The maximum atomic E-state index is 13.9. The van der Waals surface area contributed by atoms with Crippen molar-refractivity contribution in [2.75, 3.05) is 6.54 Å². The molecule has 1 unspecified atom stereocenters. The van der Waals surface area contributed by atoms with Crippen LogP contribution in [0.25, 0.3) is 0 Å². The Kier molecular flexibility index (Phi) is 11.9. The summed E-state index contributed by atoms with van der Waals surface area (Å²) in [7, 11) is 0. The van der Waals surface area contributed by atoms with Crippen molar-refractivity contribution in [1.82, 2.24) is 15.5 Å². The van der Waals surface area contributed by atoms with Crippen LogP contribution in [0.15, 0.2) is 72.4 Å². The molecule has 1 fully saturated rings. The van der Waals surface area contributed by atoms with E-state index in [2.05, 4.69) is 10.6 Å². The molecule has 0 bridgehead atoms. The summed E-state index contributed by atoms with van der Waals surface area (Å²) in [4.78, 5) is 66.1. The minimum absolute atomic E-state index is 0.116. The number of aliphatic hydroxyl groups is 3. The lowest BCUT2D eigenvalue weighted by Crippen LogP contribution is -2.64. The molecular weight excluding hydrogens is 594 g/mol. The fourth-order valence-electron chi connectivity index (χ4n) is 5.64. The lowest BCUT2D eigenvalue weighted by Gasteiger charge is -2.41. The van der Waals surface area contributed by atoms with Crippen molar-refractivity contribution in [3.05, 3.63) is 83.6 Å². The summed E-state index contributed by atoms with van der Waals surface area (Å²) >= 11 is 0. The second kappa shape index (κ2) is 15.9. The van der Waals surface area contributed by atoms with E-state index in [9.17, 15) is 39.3 Å². The van der Waals surface area contributed by atoms with Crippen molar-refractivity contribution < 1.29 is 44.0 Å². The molecule has 0 radical (unpaired) electrons. The normalized spacial score (nSPS) is 24.5. The number of Topliss-reactive ketones (excluding diaryl/α,β-unsaturated/α-hetero) is 2. The highest BCUT2D eigenvalue weighted by Crippen LogP contribution is 2.24. The highest BCUT2D eigenvalue weighted by atomic mass is 16.6. The molecule has 0 spiro atoms. The Morgan fingerprint density at radius 1 is 0.935 bits per heavy atom. The predicted molar refractivity (Wildman–Crippen MR) is 166 cm³/mol. The molecule has 2 aromatic rings. The fourth-order valence-corrected chi connectivity index (χ4v) is 5.64. The van der Waals surface area contributed by atoms with Crippen LogP contribution < -0.4 is 10.6 Å². The van der Waals surface area contributed by atoms with Gasteiger partial charge >= 0.3 is 0 Å². The van der Waals surface area contributed by atoms with Crippen molar-refractivity contribution in [2.24, 2.45) is 5.92 Å². The number of ether oxygens (including phenoxy) is 1. The van der Waals surface area contributed by atoms with Gasteiger partial charge in [-0.05, 0) is 37.3 Å². The molecule has 2 heterocycles. The zero-order valence-electron chi connectivity index (χ0n) is 25.9. The van der Waals surface area contributed by atoms with Crippen LogP contribution in [0.1, 0.15) is 44.2 Å². The number of amides is 3. The molecule has 2 aliphatic heterocycles. The summed E-state index contributed by atoms with van der Waals surface area (Å²) in [6.45, 7) is 2.88. The standard InChI is InChI=1S/C34H41N3O9/c1-3-27-31(42)32(43)30(34(45)46-27)36-33(44)23(14-21-10-6-4-7-11-21)16-26(39)24(15-22-12-8-5-9-13-22)35-28(40)19-37-18-20(2)25(38)17-29(37)41/h4-13,18,23-24,27,30-32,34,42-43,45H,3,14-17,19H2,1-2H3,(H,35,40)(H,36,44)/t23-,24+,27-,30?,31-,32-,34-/m1/s1. The van der Waals surface area contributed by atoms with Crippen LogP contribution in [0.4, 0.5) is 0 Å². The molecule has 5 N–H and O–H groups in total. The molecule has 7 atom stereocenters. The first kappa shape index (κ1) is 34.6. The molecule has 12 heteroatoms. The number of allylic oxidation sites excluding steroid dienone is 1. The van der Waals surface area contributed by atoms with Crippen LogP contribution in [0.5, 0.6) is 0 Å². The monoisotopic (exact) mass is 635 g/mol. The third-order valence-electron chi connectivity index (χ3n) is 8.32. The maximum Gasteiger partial charge on any atom is 0.240 e. The number of rotatable bonds is 13. The summed E-state index contributed by atoms with van der Waals surface area (Å²) in [5.41, 5.74) is 1.85. The minimum Gasteiger partial charge on any atom is -0.388 e. The van der Waals surface area contributed by atoms with E-state index in [4.69, 9.17) is 4.74 Å². The Morgan fingerprint density at radius 3 is 2.15 bits per heavy atom. The molecule has 46 heavy (non-hydrogen) atoms. The number of aliphatic hydroxyl groups excluding tert-OH is 3. The van der Waals surface area contributed by atoms with E-state index in [0.29, 0.717) is 12.0 Å². The van der Waals surface area contributed by atoms with Crippen LogP contribution in [0.2, 0.25) is 0 Å². The first-order valence-electron chi connectivity index (χ1n) is 15.4. The van der Waals surface area contributed by atoms with Gasteiger partial charge in [0.2, 0.25) is 17.7 Å². The number of hydrogen-bond donors (Lipinski definition) is 5. The van der Waals surface area contributed by atoms with Gasteiger partial charge in [0.05, 0.1) is 18.6 Å². The lowest BCUT2D eigenvalue weighted by molar-refractivity contribution is -0.247. The van der Waals surface area contributed by atoms with E-state index in [1.54, 1.807) is 62.4 Å². The number of nitrogens with zero attached hydrogens (tertiary/aromatic N) is 1. The van der Waals surface area contributed by atoms with Gasteiger partial charge in [0.1, 0.15) is 24.8 Å². The van der Waals surface area contributed by atoms with E-state index < -0.39 is 72.7 Å². The molecule has 246 valence electrons. The van der Waals surface area contributed by atoms with E-state index in [1.165, 1.54) is 6.20 Å². The van der Waals surface area contributed by atoms with Gasteiger partial charge in [-0.25, -0.2) is 0 Å². The summed E-state index contributed by atoms with van der Waals surface area (Å²) in [6.07, 6.45) is -4.02. The second-order valence-corrected chi connectivity index (χ2v) is 11.8. The Labute approximate surface area is 267 Å². The van der Waals surface area contributed by atoms with E-state index >= 15 is 0 Å². The number of carbonyl (C=O) groups excluding carboxylic acids is 5. The zero-order chi connectivity index (χ0) is 33.4. The Morgan fingerprint density at radius 2 is 1.54 bits per heavy atom. The SMILES string of the molecule is CC[C@H]1O[C@@H](O)C(NC(=O)[C@@H](CC(=O)[C@H](Cc2ccccc2)NC(=O)CN2C=C(C)C(=O)CC2=O)Cc2ccccc2)[C@@H](O)[C@@H]1O. The lowest BCUT2D eigenvalue weighted by atomic mass is 9.88. The fraction of sp³-hybridized carbons (Fsp3) is 0.441. The van der Waals surface area contributed by atoms with Gasteiger partial charge in [0.15, 0.2) is 17.9 Å². The van der Waals surface area contributed by atoms with Gasteiger partial charge in [-0.1, -0.05) is 67.6 Å². The second-order valence-electron chi connectivity index (χ2n) is 11.8. The Bertz CT molecular complexity index is 1430. The van der Waals surface area contributed by atoms with Gasteiger partial charge in [0, 0.05) is 24.1 Å². The van der Waals surface area contributed by atoms with Gasteiger partial charge in [0.25, 0.3) is 0 Å². The van der Waals surface area contributed by atoms with Gasteiger partial charge in [-0.15, -0.1) is 0 Å². The molecule has 3 amide bonds. The summed E-state index contributed by atoms with van der Waals surface area (Å²) in [6, 6.07) is 15.6. The molecule has 2 aromatic carbocycles. The molecule has 2 aliphatic rings. The summed E-state index contributed by atoms with van der Waals surface area (Å²) in [5, 5.41) is 36.9. The molecular formula is C34H41N3O9. The van der Waals surface area contributed by atoms with Crippen molar-refractivity contribution in [3.8, 4) is 0 Å². The Hall–Kier alpha value is -4.23. The highest BCUT2D eigenvalue weighted by molar-refractivity contribution is 6.10. The van der Waals surface area contributed by atoms with Crippen LogP contribution in [-0.2, 0) is 41.6 Å². The highest BCUT2D eigenvalue weighted by Gasteiger charge is 2.44. The first-order chi connectivity index (χ1) is 22.0. The molecule has 0 aliphatic carbocycles. The molecule has 4 rings (SSSR count). The zero-order valence-corrected chi connectivity index (χ0v) is 25.9. The molecule has 12 nitrogen and oxygen atoms in total. The number of benzene rings is 2. The summed E-state index contributed by atoms with van der Waals surface area (Å²) < 4.78 is 5.41. The quantitative estimate of drug-likeness (QED) is 0.197. The van der Waals surface area contributed by atoms with E-state index in [1.807, 2.05) is 12.1 Å². The van der Waals surface area contributed by atoms with Crippen LogP contribution >= 0.6 is 0 Å². The third kappa shape index (κ3) is 8.94. The number of carbonyl (C=O) groups is 5. The maximum absolute atomic E-state index is 13.9. The van der Waals surface area contributed by atoms with Crippen molar-refractivity contribution in [2.45, 2.75) is 82.6 Å². The number of ketones is 2. The van der Waals surface area contributed by atoms with Gasteiger partial charge in [-0.2, -0.15) is 0 Å². The average molecular weight is 636 g/mol. The molecule has 1 saturated heterocycles. The van der Waals surface area contributed by atoms with Gasteiger partial charge < -0.3 is 35.6 Å². The Balaban J connectivity index is 1.54. The van der Waals surface area contributed by atoms with Gasteiger partial charge in [-0.3, -0.25) is 24.0 Å². The van der Waals surface area contributed by atoms with Crippen molar-refractivity contribution in [3.63, 3.8) is 0 Å². The largest absolute Gasteiger partial charge is 0.388 e. The van der Waals surface area contributed by atoms with Crippen LogP contribution in [0.3, 0.4) is 0 Å². The van der Waals surface area contributed by atoms with E-state index in [-0.39, 0.29) is 31.5 Å². The third-order valence-corrected chi connectivity index (χ3v) is 8.32. The van der Waals surface area contributed by atoms with Crippen molar-refractivity contribution >= 4 is 29.3 Å². The van der Waals surface area contributed by atoms with Crippen molar-refractivity contribution in [1.29, 1.82) is 0 Å². The smallest absolute Gasteiger partial charge is 0.240 e. The van der Waals surface area contributed by atoms with E-state index in [0.717, 1.165) is 16.0 Å². The topological polar surface area (TPSA) is 183 Å².